The number of benzene rings is 2. The number of nitrogens with two attached hydrogens (primary N) is 1. The molecule has 0 fully saturated rings. The van der Waals surface area contributed by atoms with Crippen LogP contribution in [0.4, 0.5) is 10.1 Å². The first kappa shape index (κ1) is 15.7. The Balaban J connectivity index is 2.13. The topological polar surface area (TPSA) is 89.7 Å². The number of ether oxygens (including phenoxy) is 1. The molecule has 2 aromatic carbocycles. The Hall–Kier alpha value is -3.22. The van der Waals surface area contributed by atoms with E-state index in [0.29, 0.717) is 0 Å². The number of likely N-dealkylation sites (N-methyl/N-ethyl adjacent to an activating group) is 1. The minimum atomic E-state index is -2.39. The van der Waals surface area contributed by atoms with Crippen LogP contribution in [0.1, 0.15) is 15.9 Å². The van der Waals surface area contributed by atoms with Crippen molar-refractivity contribution in [2.24, 2.45) is 5.73 Å². The van der Waals surface area contributed by atoms with Crippen molar-refractivity contribution in [1.29, 1.82) is 0 Å². The van der Waals surface area contributed by atoms with Gasteiger partial charge in [0, 0.05) is 12.6 Å². The van der Waals surface area contributed by atoms with Crippen LogP contribution in [-0.2, 0) is 19.9 Å². The highest BCUT2D eigenvalue weighted by molar-refractivity contribution is 6.21. The third kappa shape index (κ3) is 2.13. The van der Waals surface area contributed by atoms with Gasteiger partial charge < -0.3 is 15.4 Å². The molecule has 6 nitrogen and oxygen atoms in total. The first-order valence-electron chi connectivity index (χ1n) is 7.04. The highest BCUT2D eigenvalue weighted by atomic mass is 19.1. The average Bonchev–Trinajstić information content (AvgIpc) is 2.78. The average molecular weight is 328 g/mol. The Labute approximate surface area is 136 Å². The monoisotopic (exact) mass is 328 g/mol. The third-order valence-corrected chi connectivity index (χ3v) is 3.91. The maximum absolute atomic E-state index is 13.7. The molecule has 0 bridgehead atoms. The van der Waals surface area contributed by atoms with Crippen molar-refractivity contribution in [3.8, 4) is 0 Å². The molecule has 0 spiro atoms. The summed E-state index contributed by atoms with van der Waals surface area (Å²) < 4.78 is 18.9. The van der Waals surface area contributed by atoms with E-state index in [1.165, 1.54) is 25.2 Å². The summed E-state index contributed by atoms with van der Waals surface area (Å²) in [5, 5.41) is 0. The lowest BCUT2D eigenvalue weighted by Crippen LogP contribution is -2.52. The summed E-state index contributed by atoms with van der Waals surface area (Å²) >= 11 is 0. The highest BCUT2D eigenvalue weighted by Gasteiger charge is 2.58. The quantitative estimate of drug-likeness (QED) is 0.680. The molecule has 1 aliphatic rings. The number of hydrogen-bond donors (Lipinski definition) is 1. The Morgan fingerprint density at radius 1 is 1.17 bits per heavy atom. The van der Waals surface area contributed by atoms with E-state index in [4.69, 9.17) is 10.5 Å². The van der Waals surface area contributed by atoms with Crippen molar-refractivity contribution in [3.05, 3.63) is 65.5 Å². The normalized spacial score (nSPS) is 19.1. The first-order valence-corrected chi connectivity index (χ1v) is 7.04. The molecule has 122 valence electrons. The Morgan fingerprint density at radius 3 is 2.46 bits per heavy atom. The second kappa shape index (κ2) is 5.45. The molecule has 7 heteroatoms. The van der Waals surface area contributed by atoms with Crippen LogP contribution in [0.15, 0.2) is 48.5 Å². The molecular formula is C17H13FN2O4. The fraction of sp³-hybridized carbons (Fsp3) is 0.118. The van der Waals surface area contributed by atoms with Gasteiger partial charge in [-0.3, -0.25) is 9.59 Å². The summed E-state index contributed by atoms with van der Waals surface area (Å²) in [6, 6.07) is 11.3. The van der Waals surface area contributed by atoms with Gasteiger partial charge in [-0.2, -0.15) is 0 Å². The van der Waals surface area contributed by atoms with Crippen LogP contribution in [0.25, 0.3) is 0 Å². The van der Waals surface area contributed by atoms with Crippen LogP contribution >= 0.6 is 0 Å². The molecule has 2 N–H and O–H groups in total. The zero-order chi connectivity index (χ0) is 17.5. The van der Waals surface area contributed by atoms with E-state index in [0.717, 1.165) is 17.0 Å². The van der Waals surface area contributed by atoms with Gasteiger partial charge in [0.25, 0.3) is 17.4 Å². The van der Waals surface area contributed by atoms with Crippen molar-refractivity contribution >= 4 is 23.5 Å². The molecule has 1 heterocycles. The van der Waals surface area contributed by atoms with E-state index in [1.807, 2.05) is 0 Å². The number of hydrogen-bond acceptors (Lipinski definition) is 4. The predicted molar refractivity (Wildman–Crippen MR) is 82.5 cm³/mol. The van der Waals surface area contributed by atoms with E-state index >= 15 is 0 Å². The SMILES string of the molecule is CN1C(=O)C(OC(=O)c2ccccc2)(C(N)=O)c2cc(F)ccc21. The molecule has 0 aromatic heterocycles. The van der Waals surface area contributed by atoms with Crippen LogP contribution in [0.2, 0.25) is 0 Å². The van der Waals surface area contributed by atoms with Crippen LogP contribution in [-0.4, -0.2) is 24.8 Å². The van der Waals surface area contributed by atoms with Crippen LogP contribution in [0.5, 0.6) is 0 Å². The zero-order valence-corrected chi connectivity index (χ0v) is 12.7. The third-order valence-electron chi connectivity index (χ3n) is 3.91. The molecule has 2 aromatic rings. The molecule has 0 radical (unpaired) electrons. The molecule has 2 amide bonds. The van der Waals surface area contributed by atoms with Gasteiger partial charge in [-0.05, 0) is 30.3 Å². The molecular weight excluding hydrogens is 315 g/mol. The van der Waals surface area contributed by atoms with Gasteiger partial charge >= 0.3 is 5.97 Å². The molecule has 3 rings (SSSR count). The summed E-state index contributed by atoms with van der Waals surface area (Å²) in [6.07, 6.45) is 0. The molecule has 0 saturated carbocycles. The van der Waals surface area contributed by atoms with Gasteiger partial charge in [-0.25, -0.2) is 9.18 Å². The summed E-state index contributed by atoms with van der Waals surface area (Å²) in [6.45, 7) is 0. The lowest BCUT2D eigenvalue weighted by Gasteiger charge is -2.24. The van der Waals surface area contributed by atoms with Gasteiger partial charge in [0.2, 0.25) is 0 Å². The molecule has 0 saturated heterocycles. The second-order valence-corrected chi connectivity index (χ2v) is 5.33. The number of carbonyl (C=O) groups excluding carboxylic acids is 3. The minimum Gasteiger partial charge on any atom is -0.430 e. The van der Waals surface area contributed by atoms with Gasteiger partial charge in [-0.15, -0.1) is 0 Å². The lowest BCUT2D eigenvalue weighted by atomic mass is 9.94. The molecule has 0 aliphatic carbocycles. The molecule has 1 unspecified atom stereocenters. The number of anilines is 1. The van der Waals surface area contributed by atoms with E-state index < -0.39 is 29.2 Å². The minimum absolute atomic E-state index is 0.0909. The van der Waals surface area contributed by atoms with E-state index in [9.17, 15) is 18.8 Å². The maximum atomic E-state index is 13.7. The summed E-state index contributed by atoms with van der Waals surface area (Å²) in [5.41, 5.74) is 3.30. The Morgan fingerprint density at radius 2 is 1.83 bits per heavy atom. The number of fused-ring (bicyclic) bond motifs is 1. The van der Waals surface area contributed by atoms with Crippen LogP contribution in [0.3, 0.4) is 0 Å². The van der Waals surface area contributed by atoms with Crippen LogP contribution in [0, 0.1) is 5.82 Å². The van der Waals surface area contributed by atoms with E-state index in [-0.39, 0.29) is 16.8 Å². The number of carbonyl (C=O) groups is 3. The highest BCUT2D eigenvalue weighted by Crippen LogP contribution is 2.42. The summed E-state index contributed by atoms with van der Waals surface area (Å²) in [4.78, 5) is 38.2. The fourth-order valence-corrected chi connectivity index (χ4v) is 2.70. The number of esters is 1. The lowest BCUT2D eigenvalue weighted by molar-refractivity contribution is -0.150. The van der Waals surface area contributed by atoms with Crippen LogP contribution < -0.4 is 10.6 Å². The summed E-state index contributed by atoms with van der Waals surface area (Å²) in [7, 11) is 1.39. The Kier molecular flexibility index (Phi) is 3.56. The largest absolute Gasteiger partial charge is 0.430 e. The maximum Gasteiger partial charge on any atom is 0.340 e. The van der Waals surface area contributed by atoms with Gasteiger partial charge in [0.1, 0.15) is 5.82 Å². The fourth-order valence-electron chi connectivity index (χ4n) is 2.70. The Bertz CT molecular complexity index is 853. The molecule has 1 aliphatic heterocycles. The van der Waals surface area contributed by atoms with Crippen molar-refractivity contribution in [3.63, 3.8) is 0 Å². The molecule has 24 heavy (non-hydrogen) atoms. The van der Waals surface area contributed by atoms with Gasteiger partial charge in [0.05, 0.1) is 11.3 Å². The predicted octanol–water partition coefficient (Wildman–Crippen LogP) is 1.34. The van der Waals surface area contributed by atoms with Crippen molar-refractivity contribution in [2.45, 2.75) is 5.60 Å². The smallest absolute Gasteiger partial charge is 0.340 e. The van der Waals surface area contributed by atoms with Crippen molar-refractivity contribution in [2.75, 3.05) is 11.9 Å². The van der Waals surface area contributed by atoms with Gasteiger partial charge in [-0.1, -0.05) is 18.2 Å². The number of halogens is 1. The first-order chi connectivity index (χ1) is 11.4. The number of rotatable bonds is 3. The van der Waals surface area contributed by atoms with E-state index in [1.54, 1.807) is 18.2 Å². The number of primary amides is 1. The number of amides is 2. The van der Waals surface area contributed by atoms with Gasteiger partial charge in [0.15, 0.2) is 0 Å². The van der Waals surface area contributed by atoms with Crippen molar-refractivity contribution < 1.29 is 23.5 Å². The second-order valence-electron chi connectivity index (χ2n) is 5.33. The summed E-state index contributed by atoms with van der Waals surface area (Å²) in [5.74, 6) is -3.63. The zero-order valence-electron chi connectivity index (χ0n) is 12.7. The number of nitrogens with zero attached hydrogens (tertiary/aromatic N) is 1. The van der Waals surface area contributed by atoms with Crippen molar-refractivity contribution in [1.82, 2.24) is 0 Å². The standard InChI is InChI=1S/C17H13FN2O4/c1-20-13-8-7-11(18)9-12(13)17(15(19)22,16(20)23)24-14(21)10-5-3-2-4-6-10/h2-9H,1H3,(H2,19,22). The van der Waals surface area contributed by atoms with E-state index in [2.05, 4.69) is 0 Å². The molecule has 1 atom stereocenters.